The van der Waals surface area contributed by atoms with E-state index in [4.69, 9.17) is 18.0 Å². The van der Waals surface area contributed by atoms with E-state index in [1.165, 1.54) is 54.8 Å². The number of benzene rings is 7. The number of anilines is 4. The number of nitrogens with two attached hydrogens (primary N) is 2. The lowest BCUT2D eigenvalue weighted by Gasteiger charge is -2.20. The minimum absolute atomic E-state index is 0.0115. The van der Waals surface area contributed by atoms with Crippen LogP contribution < -0.4 is 22.1 Å². The summed E-state index contributed by atoms with van der Waals surface area (Å²) >= 11 is 0. The average Bonchev–Trinajstić information content (AvgIpc) is 4.57. The number of hydrogen-bond acceptors (Lipinski definition) is 11. The van der Waals surface area contributed by atoms with Gasteiger partial charge < -0.3 is 37.1 Å². The largest absolute Gasteiger partial charge is 0.399 e. The second-order valence-corrected chi connectivity index (χ2v) is 21.0. The van der Waals surface area contributed by atoms with E-state index in [1.54, 1.807) is 18.3 Å². The molecule has 3 aromatic heterocycles. The highest BCUT2D eigenvalue weighted by Crippen LogP contribution is 2.30. The van der Waals surface area contributed by atoms with E-state index in [0.717, 1.165) is 136 Å². The standard InChI is InChI=1S/C29H34N4O2.C16H13N3O2.C15H14N4.C7H4N2O2/c34-28(22-7-3-1-4-8-22)31-24-15-11-20(12-16-24)26-19-30-27(33-26)21-13-17-25(18-14-21)32-29(35)23-9-5-2-6-10-23;1-11-2-4-12(5-3-11)15-10-17-16(18-15)13-6-8-14(9-7-13)19(20)21;16-12-5-1-10(2-6-12)14-9-18-15(19-14)11-3-7-13(17)8-4-11;1-8-6-2-4-7(5-3-6)9(10)11/h11-19,22-23H,1-10H2,(H,30,33)(H,31,34)(H,32,35);2-10H,1H3,(H,17,18);1-9H,16-17H2,(H,18,19);2-5H. The van der Waals surface area contributed by atoms with Gasteiger partial charge in [-0.05, 0) is 146 Å². The summed E-state index contributed by atoms with van der Waals surface area (Å²) < 4.78 is 0. The molecule has 86 heavy (non-hydrogen) atoms. The van der Waals surface area contributed by atoms with E-state index in [2.05, 4.69) is 45.4 Å². The molecule has 3 heterocycles. The number of carbonyl (C=O) groups is 2. The van der Waals surface area contributed by atoms with Gasteiger partial charge in [-0.3, -0.25) is 29.8 Å². The van der Waals surface area contributed by atoms with Crippen LogP contribution in [0.5, 0.6) is 0 Å². The molecule has 2 saturated carbocycles. The Labute approximate surface area is 497 Å². The molecule has 10 aromatic rings. The van der Waals surface area contributed by atoms with Gasteiger partial charge in [0.1, 0.15) is 17.5 Å². The molecular weight excluding hydrogens is 1080 g/mol. The van der Waals surface area contributed by atoms with Crippen LogP contribution >= 0.6 is 0 Å². The van der Waals surface area contributed by atoms with Gasteiger partial charge in [-0.1, -0.05) is 92.6 Å². The Morgan fingerprint density at radius 3 is 1.12 bits per heavy atom. The number of H-pyrrole nitrogens is 3. The number of carbonyl (C=O) groups excluding carboxylic acids is 2. The number of imidazole rings is 3. The van der Waals surface area contributed by atoms with Gasteiger partial charge in [0.15, 0.2) is 5.69 Å². The SMILES string of the molecule is Cc1ccc(-c2cnc(-c3ccc([N+](=O)[O-])cc3)[nH]2)cc1.Nc1ccc(-c2cnc(-c3ccc(N)cc3)[nH]2)cc1.O=C(Nc1ccc(-c2cnc(-c3ccc(NC(=O)C4CCCCC4)cc3)[nH]2)cc1)C1CCCCC1.[C-]#[N+]c1ccc([N+](=O)[O-])cc1. The van der Waals surface area contributed by atoms with Gasteiger partial charge in [0, 0.05) is 75.5 Å². The predicted octanol–water partition coefficient (Wildman–Crippen LogP) is 15.8. The highest BCUT2D eigenvalue weighted by molar-refractivity contribution is 5.93. The maximum absolute atomic E-state index is 12.5. The van der Waals surface area contributed by atoms with Crippen molar-refractivity contribution in [2.45, 2.75) is 71.1 Å². The van der Waals surface area contributed by atoms with Crippen molar-refractivity contribution in [2.24, 2.45) is 11.8 Å². The van der Waals surface area contributed by atoms with E-state index < -0.39 is 9.85 Å². The molecule has 2 amide bonds. The van der Waals surface area contributed by atoms with Crippen molar-refractivity contribution in [3.63, 3.8) is 0 Å². The summed E-state index contributed by atoms with van der Waals surface area (Å²) in [6.45, 7) is 8.62. The Kier molecular flexibility index (Phi) is 20.0. The van der Waals surface area contributed by atoms with Crippen LogP contribution in [0.15, 0.2) is 188 Å². The summed E-state index contributed by atoms with van der Waals surface area (Å²) in [5, 5.41) is 26.9. The number of non-ortho nitro benzene ring substituents is 2. The van der Waals surface area contributed by atoms with Gasteiger partial charge in [0.05, 0.1) is 52.1 Å². The van der Waals surface area contributed by atoms with Crippen molar-refractivity contribution in [1.29, 1.82) is 0 Å². The number of nitro groups is 2. The lowest BCUT2D eigenvalue weighted by molar-refractivity contribution is -0.385. The maximum Gasteiger partial charge on any atom is 0.269 e. The molecule has 0 atom stereocenters. The number of nitrogens with zero attached hydrogens (tertiary/aromatic N) is 6. The van der Waals surface area contributed by atoms with E-state index in [1.807, 2.05) is 141 Å². The Bertz CT molecular complexity index is 3750. The molecule has 12 rings (SSSR count). The van der Waals surface area contributed by atoms with Crippen LogP contribution in [0.2, 0.25) is 0 Å². The zero-order chi connectivity index (χ0) is 60.4. The van der Waals surface area contributed by atoms with Crippen molar-refractivity contribution in [3.05, 3.63) is 226 Å². The van der Waals surface area contributed by atoms with Crippen molar-refractivity contribution in [3.8, 4) is 67.9 Å². The predicted molar refractivity (Wildman–Crippen MR) is 338 cm³/mol. The minimum atomic E-state index is -0.492. The summed E-state index contributed by atoms with van der Waals surface area (Å²) in [7, 11) is 0. The van der Waals surface area contributed by atoms with E-state index in [9.17, 15) is 29.8 Å². The highest BCUT2D eigenvalue weighted by atomic mass is 16.6. The summed E-state index contributed by atoms with van der Waals surface area (Å²) in [5.41, 5.74) is 24.9. The van der Waals surface area contributed by atoms with Gasteiger partial charge in [-0.15, -0.1) is 0 Å². The van der Waals surface area contributed by atoms with Crippen LogP contribution in [0.4, 0.5) is 39.8 Å². The van der Waals surface area contributed by atoms with Gasteiger partial charge >= 0.3 is 0 Å². The lowest BCUT2D eigenvalue weighted by atomic mass is 9.88. The molecule has 2 aliphatic rings. The number of nitrogen functional groups attached to an aromatic ring is 2. The van der Waals surface area contributed by atoms with Crippen molar-refractivity contribution < 1.29 is 19.4 Å². The molecule has 19 heteroatoms. The molecule has 7 aromatic carbocycles. The first-order valence-corrected chi connectivity index (χ1v) is 28.4. The number of amides is 2. The first kappa shape index (κ1) is 59.6. The molecule has 2 aliphatic carbocycles. The Hall–Kier alpha value is -11.0. The fourth-order valence-corrected chi connectivity index (χ4v) is 9.93. The van der Waals surface area contributed by atoms with Crippen LogP contribution in [-0.4, -0.2) is 51.6 Å². The van der Waals surface area contributed by atoms with E-state index >= 15 is 0 Å². The van der Waals surface area contributed by atoms with Crippen molar-refractivity contribution >= 4 is 51.6 Å². The molecule has 0 spiro atoms. The van der Waals surface area contributed by atoms with Crippen molar-refractivity contribution in [1.82, 2.24) is 29.9 Å². The van der Waals surface area contributed by atoms with E-state index in [0.29, 0.717) is 11.5 Å². The third-order valence-corrected chi connectivity index (χ3v) is 14.9. The average molecular weight is 1150 g/mol. The number of nitrogens with one attached hydrogen (secondary N) is 5. The van der Waals surface area contributed by atoms with Gasteiger partial charge in [0.25, 0.3) is 11.4 Å². The second-order valence-electron chi connectivity index (χ2n) is 21.0. The first-order chi connectivity index (χ1) is 41.7. The number of aromatic amines is 3. The van der Waals surface area contributed by atoms with Crippen LogP contribution in [-0.2, 0) is 9.59 Å². The van der Waals surface area contributed by atoms with Crippen LogP contribution in [0.25, 0.3) is 72.8 Å². The van der Waals surface area contributed by atoms with E-state index in [-0.39, 0.29) is 35.0 Å². The molecule has 0 bridgehead atoms. The molecule has 434 valence electrons. The molecule has 19 nitrogen and oxygen atoms in total. The quantitative estimate of drug-likeness (QED) is 0.0261. The Morgan fingerprint density at radius 1 is 0.465 bits per heavy atom. The Morgan fingerprint density at radius 2 is 0.767 bits per heavy atom. The van der Waals surface area contributed by atoms with Gasteiger partial charge in [-0.2, -0.15) is 0 Å². The summed E-state index contributed by atoms with van der Waals surface area (Å²) in [6.07, 6.45) is 16.5. The van der Waals surface area contributed by atoms with Gasteiger partial charge in [0.2, 0.25) is 11.8 Å². The van der Waals surface area contributed by atoms with Crippen LogP contribution in [0.3, 0.4) is 0 Å². The number of aromatic nitrogens is 6. The fourth-order valence-electron chi connectivity index (χ4n) is 9.93. The van der Waals surface area contributed by atoms with Crippen LogP contribution in [0.1, 0.15) is 69.8 Å². The second kappa shape index (κ2) is 28.8. The number of nitro benzene ring substituents is 2. The zero-order valence-electron chi connectivity index (χ0n) is 47.4. The summed E-state index contributed by atoms with van der Waals surface area (Å²) in [5.74, 6) is 2.86. The zero-order valence-corrected chi connectivity index (χ0v) is 47.4. The summed E-state index contributed by atoms with van der Waals surface area (Å²) in [4.78, 5) is 71.1. The van der Waals surface area contributed by atoms with Crippen molar-refractivity contribution in [2.75, 3.05) is 22.1 Å². The number of hydrogen-bond donors (Lipinski definition) is 7. The number of rotatable bonds is 12. The Balaban J connectivity index is 0.000000148. The highest BCUT2D eigenvalue weighted by Gasteiger charge is 2.22. The maximum atomic E-state index is 12.5. The molecular formula is C67H65N13O6. The molecule has 2 fully saturated rings. The number of aryl methyl sites for hydroxylation is 1. The normalized spacial score (nSPS) is 13.0. The molecule has 0 unspecified atom stereocenters. The molecule has 0 saturated heterocycles. The molecule has 9 N–H and O–H groups in total. The third kappa shape index (κ3) is 16.4. The van der Waals surface area contributed by atoms with Gasteiger partial charge in [-0.25, -0.2) is 19.8 Å². The third-order valence-electron chi connectivity index (χ3n) is 14.9. The first-order valence-electron chi connectivity index (χ1n) is 28.4. The molecule has 0 aliphatic heterocycles. The monoisotopic (exact) mass is 1150 g/mol. The molecule has 0 radical (unpaired) electrons. The fraction of sp³-hybridized carbons (Fsp3) is 0.194. The summed E-state index contributed by atoms with van der Waals surface area (Å²) in [6, 6.07) is 50.9. The minimum Gasteiger partial charge on any atom is -0.399 e. The topological polar surface area (TPSA) is 287 Å². The lowest BCUT2D eigenvalue weighted by Crippen LogP contribution is -2.24. The smallest absolute Gasteiger partial charge is 0.269 e. The van der Waals surface area contributed by atoms with Crippen LogP contribution in [0, 0.1) is 45.6 Å².